The van der Waals surface area contributed by atoms with Crippen molar-refractivity contribution in [1.29, 1.82) is 0 Å². The zero-order valence-corrected chi connectivity index (χ0v) is 15.9. The molecule has 1 aromatic carbocycles. The molecule has 0 saturated heterocycles. The van der Waals surface area contributed by atoms with Crippen LogP contribution in [0.1, 0.15) is 48.9 Å². The molecule has 5 nitrogen and oxygen atoms in total. The first-order chi connectivity index (χ1) is 11.8. The predicted octanol–water partition coefficient (Wildman–Crippen LogP) is 4.54. The van der Waals surface area contributed by atoms with E-state index in [0.29, 0.717) is 30.9 Å². The summed E-state index contributed by atoms with van der Waals surface area (Å²) >= 11 is 6.17. The molecule has 0 atom stereocenters. The van der Waals surface area contributed by atoms with Crippen LogP contribution in [0.2, 0.25) is 5.15 Å². The van der Waals surface area contributed by atoms with Crippen LogP contribution in [0.15, 0.2) is 24.3 Å². The van der Waals surface area contributed by atoms with Crippen molar-refractivity contribution in [3.63, 3.8) is 0 Å². The van der Waals surface area contributed by atoms with E-state index < -0.39 is 0 Å². The van der Waals surface area contributed by atoms with Crippen molar-refractivity contribution in [3.8, 4) is 5.75 Å². The van der Waals surface area contributed by atoms with Gasteiger partial charge in [-0.25, -0.2) is 9.97 Å². The number of anilines is 1. The van der Waals surface area contributed by atoms with E-state index in [2.05, 4.69) is 36.1 Å². The van der Waals surface area contributed by atoms with E-state index in [1.54, 1.807) is 7.11 Å². The summed E-state index contributed by atoms with van der Waals surface area (Å²) in [6.45, 7) is 7.02. The summed E-state index contributed by atoms with van der Waals surface area (Å²) < 4.78 is 5.15. The number of nitrogens with one attached hydrogen (secondary N) is 1. The molecule has 0 spiro atoms. The zero-order valence-electron chi connectivity index (χ0n) is 15.1. The number of rotatable bonds is 7. The number of hydrogen-bond donors (Lipinski definition) is 1. The van der Waals surface area contributed by atoms with Gasteiger partial charge < -0.3 is 10.1 Å². The molecular weight excluding hydrogens is 338 g/mol. The van der Waals surface area contributed by atoms with Gasteiger partial charge in [-0.15, -0.1) is 0 Å². The van der Waals surface area contributed by atoms with Gasteiger partial charge in [0.2, 0.25) is 0 Å². The minimum atomic E-state index is 0.176. The molecule has 0 bridgehead atoms. The number of nitrogens with zero attached hydrogens (tertiary/aromatic N) is 2. The van der Waals surface area contributed by atoms with Crippen molar-refractivity contribution in [2.45, 2.75) is 40.2 Å². The largest absolute Gasteiger partial charge is 0.497 e. The van der Waals surface area contributed by atoms with Crippen LogP contribution in [0.4, 0.5) is 5.82 Å². The fourth-order valence-corrected chi connectivity index (χ4v) is 2.48. The van der Waals surface area contributed by atoms with Crippen LogP contribution in [0.5, 0.6) is 5.75 Å². The molecule has 0 unspecified atom stereocenters. The topological polar surface area (TPSA) is 64.1 Å². The van der Waals surface area contributed by atoms with E-state index in [4.69, 9.17) is 16.3 Å². The first-order valence-corrected chi connectivity index (χ1v) is 8.58. The Morgan fingerprint density at radius 2 is 1.88 bits per heavy atom. The highest BCUT2D eigenvalue weighted by Crippen LogP contribution is 2.24. The summed E-state index contributed by atoms with van der Waals surface area (Å²) in [6, 6.07) is 7.68. The number of aldehydes is 1. The molecule has 0 fully saturated rings. The molecule has 0 radical (unpaired) electrons. The van der Waals surface area contributed by atoms with Crippen molar-refractivity contribution in [3.05, 3.63) is 46.4 Å². The third-order valence-corrected chi connectivity index (χ3v) is 4.07. The van der Waals surface area contributed by atoms with Crippen LogP contribution in [0, 0.1) is 5.41 Å². The molecule has 0 aliphatic rings. The molecule has 2 rings (SSSR count). The van der Waals surface area contributed by atoms with Gasteiger partial charge in [-0.1, -0.05) is 44.5 Å². The first kappa shape index (κ1) is 19.2. The summed E-state index contributed by atoms with van der Waals surface area (Å²) in [7, 11) is 1.63. The third-order valence-electron chi connectivity index (χ3n) is 3.78. The molecule has 134 valence electrons. The lowest BCUT2D eigenvalue weighted by Gasteiger charge is -2.18. The molecule has 1 N–H and O–H groups in total. The maximum Gasteiger partial charge on any atom is 0.156 e. The van der Waals surface area contributed by atoms with E-state index in [1.807, 2.05) is 24.3 Å². The SMILES string of the molecule is COc1ccc(CNc2nc(CCC(C)(C)C)nc(Cl)c2C=O)cc1. The molecule has 2 aromatic rings. The maximum absolute atomic E-state index is 11.4. The molecule has 6 heteroatoms. The molecule has 0 amide bonds. The summed E-state index contributed by atoms with van der Waals surface area (Å²) in [6.07, 6.45) is 2.33. The second-order valence-electron chi connectivity index (χ2n) is 7.07. The molecule has 0 aliphatic carbocycles. The molecule has 1 aromatic heterocycles. The standard InChI is InChI=1S/C19H24ClN3O2/c1-19(2,3)10-9-16-22-17(20)15(12-24)18(23-16)21-11-13-5-7-14(25-4)8-6-13/h5-8,12H,9-11H2,1-4H3,(H,21,22,23). The Balaban J connectivity index is 2.16. The maximum atomic E-state index is 11.4. The zero-order chi connectivity index (χ0) is 18.4. The number of carbonyl (C=O) groups excluding carboxylic acids is 1. The fourth-order valence-electron chi connectivity index (χ4n) is 2.25. The van der Waals surface area contributed by atoms with Gasteiger partial charge in [0.1, 0.15) is 22.5 Å². The van der Waals surface area contributed by atoms with Crippen LogP contribution in [0.25, 0.3) is 0 Å². The van der Waals surface area contributed by atoms with Gasteiger partial charge in [0.05, 0.1) is 12.7 Å². The van der Waals surface area contributed by atoms with Crippen molar-refractivity contribution in [2.75, 3.05) is 12.4 Å². The number of benzene rings is 1. The average Bonchev–Trinajstić information content (AvgIpc) is 2.57. The number of halogens is 1. The molecule has 0 aliphatic heterocycles. The average molecular weight is 362 g/mol. The van der Waals surface area contributed by atoms with Crippen LogP contribution < -0.4 is 10.1 Å². The number of hydrogen-bond acceptors (Lipinski definition) is 5. The number of aromatic nitrogens is 2. The summed E-state index contributed by atoms with van der Waals surface area (Å²) in [5.74, 6) is 1.91. The van der Waals surface area contributed by atoms with Gasteiger partial charge in [0, 0.05) is 13.0 Å². The molecule has 25 heavy (non-hydrogen) atoms. The number of carbonyl (C=O) groups is 1. The monoisotopic (exact) mass is 361 g/mol. The Hall–Kier alpha value is -2.14. The molecule has 1 heterocycles. The van der Waals surface area contributed by atoms with E-state index in [1.165, 1.54) is 0 Å². The van der Waals surface area contributed by atoms with Crippen molar-refractivity contribution >= 4 is 23.7 Å². The number of ether oxygens (including phenoxy) is 1. The van der Waals surface area contributed by atoms with Crippen molar-refractivity contribution in [1.82, 2.24) is 9.97 Å². The van der Waals surface area contributed by atoms with Gasteiger partial charge in [0.15, 0.2) is 6.29 Å². The van der Waals surface area contributed by atoms with Gasteiger partial charge >= 0.3 is 0 Å². The van der Waals surface area contributed by atoms with Crippen LogP contribution in [0.3, 0.4) is 0 Å². The number of methoxy groups -OCH3 is 1. The van der Waals surface area contributed by atoms with Gasteiger partial charge in [-0.2, -0.15) is 0 Å². The Labute approximate surface area is 153 Å². The van der Waals surface area contributed by atoms with E-state index in [9.17, 15) is 4.79 Å². The molecule has 0 saturated carbocycles. The second kappa shape index (κ2) is 8.30. The third kappa shape index (κ3) is 5.71. The Morgan fingerprint density at radius 1 is 1.20 bits per heavy atom. The summed E-state index contributed by atoms with van der Waals surface area (Å²) in [4.78, 5) is 20.1. The predicted molar refractivity (Wildman–Crippen MR) is 101 cm³/mol. The van der Waals surface area contributed by atoms with Crippen LogP contribution in [-0.4, -0.2) is 23.4 Å². The van der Waals surface area contributed by atoms with Gasteiger partial charge in [-0.3, -0.25) is 4.79 Å². The highest BCUT2D eigenvalue weighted by atomic mass is 35.5. The number of aryl methyl sites for hydroxylation is 1. The van der Waals surface area contributed by atoms with Crippen molar-refractivity contribution < 1.29 is 9.53 Å². The van der Waals surface area contributed by atoms with Crippen LogP contribution in [-0.2, 0) is 13.0 Å². The normalized spacial score (nSPS) is 11.2. The molecular formula is C19H24ClN3O2. The Kier molecular flexibility index (Phi) is 6.37. The van der Waals surface area contributed by atoms with Crippen molar-refractivity contribution in [2.24, 2.45) is 5.41 Å². The summed E-state index contributed by atoms with van der Waals surface area (Å²) in [5, 5.41) is 3.37. The van der Waals surface area contributed by atoms with Gasteiger partial charge in [-0.05, 0) is 29.5 Å². The second-order valence-corrected chi connectivity index (χ2v) is 7.43. The van der Waals surface area contributed by atoms with E-state index in [0.717, 1.165) is 17.7 Å². The lowest BCUT2D eigenvalue weighted by molar-refractivity contribution is 0.112. The van der Waals surface area contributed by atoms with E-state index in [-0.39, 0.29) is 16.1 Å². The van der Waals surface area contributed by atoms with E-state index >= 15 is 0 Å². The fraction of sp³-hybridized carbons (Fsp3) is 0.421. The van der Waals surface area contributed by atoms with Gasteiger partial charge in [0.25, 0.3) is 0 Å². The minimum absolute atomic E-state index is 0.176. The smallest absolute Gasteiger partial charge is 0.156 e. The minimum Gasteiger partial charge on any atom is -0.497 e. The lowest BCUT2D eigenvalue weighted by atomic mass is 9.90. The lowest BCUT2D eigenvalue weighted by Crippen LogP contribution is -2.12. The Morgan fingerprint density at radius 3 is 2.44 bits per heavy atom. The first-order valence-electron chi connectivity index (χ1n) is 8.21. The quantitative estimate of drug-likeness (QED) is 0.579. The Bertz CT molecular complexity index is 725. The highest BCUT2D eigenvalue weighted by molar-refractivity contribution is 6.32. The van der Waals surface area contributed by atoms with Crippen LogP contribution >= 0.6 is 11.6 Å². The highest BCUT2D eigenvalue weighted by Gasteiger charge is 2.15. The summed E-state index contributed by atoms with van der Waals surface area (Å²) in [5.41, 5.74) is 1.51.